The van der Waals surface area contributed by atoms with E-state index in [1.54, 1.807) is 31.2 Å². The number of rotatable bonds is 4. The zero-order valence-corrected chi connectivity index (χ0v) is 14.2. The lowest BCUT2D eigenvalue weighted by molar-refractivity contribution is -0.151. The first kappa shape index (κ1) is 18.0. The molecule has 1 aliphatic carbocycles. The van der Waals surface area contributed by atoms with Crippen molar-refractivity contribution in [2.45, 2.75) is 19.3 Å². The van der Waals surface area contributed by atoms with Crippen molar-refractivity contribution in [2.24, 2.45) is 5.92 Å². The van der Waals surface area contributed by atoms with Crippen LogP contribution in [0.5, 0.6) is 0 Å². The summed E-state index contributed by atoms with van der Waals surface area (Å²) in [6, 6.07) is 11.9. The molecule has 3 nitrogen and oxygen atoms in total. The molecule has 0 N–H and O–H groups in total. The van der Waals surface area contributed by atoms with Gasteiger partial charge in [0.05, 0.1) is 6.61 Å². The van der Waals surface area contributed by atoms with Crippen LogP contribution in [0.3, 0.4) is 0 Å². The molecule has 0 radical (unpaired) electrons. The number of ether oxygens (including phenoxy) is 1. The summed E-state index contributed by atoms with van der Waals surface area (Å²) in [5.41, 5.74) is 1.31. The van der Waals surface area contributed by atoms with Crippen LogP contribution >= 0.6 is 0 Å². The summed E-state index contributed by atoms with van der Waals surface area (Å²) in [5, 5.41) is 0. The molecule has 0 fully saturated rings. The standard InChI is InChI=1S/C21H18F2O3/c1-2-26-21(25)20-17(13-6-5-7-15(22)10-13)11-14(12-19(20)24)16-8-3-4-9-18(16)23/h3-10,12,17,20H,2,11H2,1H3/t17-,20+/m1/s1. The maximum absolute atomic E-state index is 14.2. The molecule has 0 spiro atoms. The van der Waals surface area contributed by atoms with E-state index < -0.39 is 35.2 Å². The van der Waals surface area contributed by atoms with Crippen LogP contribution in [0, 0.1) is 17.6 Å². The summed E-state index contributed by atoms with van der Waals surface area (Å²) < 4.78 is 32.9. The van der Waals surface area contributed by atoms with E-state index in [4.69, 9.17) is 4.74 Å². The second kappa shape index (κ2) is 7.60. The number of esters is 1. The zero-order valence-electron chi connectivity index (χ0n) is 14.2. The monoisotopic (exact) mass is 356 g/mol. The molecule has 0 saturated carbocycles. The molecule has 3 rings (SSSR count). The fraction of sp³-hybridized carbons (Fsp3) is 0.238. The Hall–Kier alpha value is -2.82. The van der Waals surface area contributed by atoms with Crippen molar-refractivity contribution in [2.75, 3.05) is 6.61 Å². The Bertz CT molecular complexity index is 873. The van der Waals surface area contributed by atoms with E-state index in [-0.39, 0.29) is 13.0 Å². The van der Waals surface area contributed by atoms with E-state index in [0.717, 1.165) is 0 Å². The number of allylic oxidation sites excluding steroid dienone is 2. The molecule has 2 atom stereocenters. The van der Waals surface area contributed by atoms with Crippen LogP contribution in [0.4, 0.5) is 8.78 Å². The van der Waals surface area contributed by atoms with E-state index in [9.17, 15) is 18.4 Å². The van der Waals surface area contributed by atoms with Crippen molar-refractivity contribution < 1.29 is 23.1 Å². The van der Waals surface area contributed by atoms with Crippen LogP contribution < -0.4 is 0 Å². The van der Waals surface area contributed by atoms with Gasteiger partial charge in [0.1, 0.15) is 17.6 Å². The van der Waals surface area contributed by atoms with Gasteiger partial charge >= 0.3 is 5.97 Å². The Labute approximate surface area is 150 Å². The third-order valence-corrected chi connectivity index (χ3v) is 4.50. The fourth-order valence-corrected chi connectivity index (χ4v) is 3.34. The molecule has 0 heterocycles. The zero-order chi connectivity index (χ0) is 18.7. The molecule has 0 aromatic heterocycles. The lowest BCUT2D eigenvalue weighted by Crippen LogP contribution is -2.34. The van der Waals surface area contributed by atoms with Gasteiger partial charge in [-0.25, -0.2) is 8.78 Å². The highest BCUT2D eigenvalue weighted by Crippen LogP contribution is 2.40. The van der Waals surface area contributed by atoms with Crippen molar-refractivity contribution in [3.8, 4) is 0 Å². The molecule has 2 aromatic carbocycles. The molecule has 26 heavy (non-hydrogen) atoms. The quantitative estimate of drug-likeness (QED) is 0.606. The molecule has 5 heteroatoms. The van der Waals surface area contributed by atoms with Crippen LogP contribution in [0.15, 0.2) is 54.6 Å². The lowest BCUT2D eigenvalue weighted by Gasteiger charge is -2.29. The normalized spacial score (nSPS) is 19.8. The molecule has 1 aliphatic rings. The number of halogens is 2. The van der Waals surface area contributed by atoms with Gasteiger partial charge in [0.25, 0.3) is 0 Å². The van der Waals surface area contributed by atoms with Crippen LogP contribution in [-0.4, -0.2) is 18.4 Å². The summed E-state index contributed by atoms with van der Waals surface area (Å²) in [7, 11) is 0. The number of carbonyl (C=O) groups is 2. The largest absolute Gasteiger partial charge is 0.465 e. The number of ketones is 1. The summed E-state index contributed by atoms with van der Waals surface area (Å²) in [4.78, 5) is 25.0. The maximum Gasteiger partial charge on any atom is 0.317 e. The molecule has 2 aromatic rings. The molecule has 134 valence electrons. The first-order chi connectivity index (χ1) is 12.5. The molecule has 0 aliphatic heterocycles. The SMILES string of the molecule is CCOC(=O)[C@@H]1C(=O)C=C(c2ccccc2F)C[C@@H]1c1cccc(F)c1. The van der Waals surface area contributed by atoms with E-state index in [1.165, 1.54) is 30.3 Å². The minimum absolute atomic E-state index is 0.141. The fourth-order valence-electron chi connectivity index (χ4n) is 3.34. The van der Waals surface area contributed by atoms with Crippen molar-refractivity contribution in [3.05, 3.63) is 77.4 Å². The molecule has 0 bridgehead atoms. The van der Waals surface area contributed by atoms with Crippen molar-refractivity contribution >= 4 is 17.3 Å². The summed E-state index contributed by atoms with van der Waals surface area (Å²) in [6.45, 7) is 1.80. The second-order valence-corrected chi connectivity index (χ2v) is 6.15. The molecular formula is C21H18F2O3. The lowest BCUT2D eigenvalue weighted by atomic mass is 9.73. The Morgan fingerprint density at radius 2 is 1.92 bits per heavy atom. The summed E-state index contributed by atoms with van der Waals surface area (Å²) >= 11 is 0. The van der Waals surface area contributed by atoms with Gasteiger partial charge in [-0.3, -0.25) is 9.59 Å². The van der Waals surface area contributed by atoms with Crippen LogP contribution in [0.2, 0.25) is 0 Å². The Morgan fingerprint density at radius 3 is 2.62 bits per heavy atom. The number of carbonyl (C=O) groups excluding carboxylic acids is 2. The number of hydrogen-bond donors (Lipinski definition) is 0. The topological polar surface area (TPSA) is 43.4 Å². The van der Waals surface area contributed by atoms with Crippen molar-refractivity contribution in [3.63, 3.8) is 0 Å². The van der Waals surface area contributed by atoms with E-state index in [1.807, 2.05) is 0 Å². The van der Waals surface area contributed by atoms with E-state index >= 15 is 0 Å². The van der Waals surface area contributed by atoms with Gasteiger partial charge in [-0.05, 0) is 48.8 Å². The van der Waals surface area contributed by atoms with Gasteiger partial charge in [0.15, 0.2) is 5.78 Å². The first-order valence-electron chi connectivity index (χ1n) is 8.42. The second-order valence-electron chi connectivity index (χ2n) is 6.15. The number of hydrogen-bond acceptors (Lipinski definition) is 3. The van der Waals surface area contributed by atoms with Crippen molar-refractivity contribution in [1.29, 1.82) is 0 Å². The van der Waals surface area contributed by atoms with Gasteiger partial charge in [-0.15, -0.1) is 0 Å². The van der Waals surface area contributed by atoms with Gasteiger partial charge in [0, 0.05) is 11.5 Å². The highest BCUT2D eigenvalue weighted by molar-refractivity contribution is 6.10. The average Bonchev–Trinajstić information content (AvgIpc) is 2.61. The van der Waals surface area contributed by atoms with E-state index in [2.05, 4.69) is 0 Å². The summed E-state index contributed by atoms with van der Waals surface area (Å²) in [5.74, 6) is -3.68. The number of benzene rings is 2. The van der Waals surface area contributed by atoms with Gasteiger partial charge in [0.2, 0.25) is 0 Å². The van der Waals surface area contributed by atoms with Gasteiger partial charge in [-0.1, -0.05) is 30.3 Å². The van der Waals surface area contributed by atoms with Crippen LogP contribution in [0.25, 0.3) is 5.57 Å². The van der Waals surface area contributed by atoms with Crippen LogP contribution in [-0.2, 0) is 14.3 Å². The van der Waals surface area contributed by atoms with Crippen molar-refractivity contribution in [1.82, 2.24) is 0 Å². The molecule has 0 amide bonds. The highest BCUT2D eigenvalue weighted by atomic mass is 19.1. The predicted octanol–water partition coefficient (Wildman–Crippen LogP) is 4.28. The Morgan fingerprint density at radius 1 is 1.15 bits per heavy atom. The van der Waals surface area contributed by atoms with Gasteiger partial charge in [-0.2, -0.15) is 0 Å². The summed E-state index contributed by atoms with van der Waals surface area (Å²) in [6.07, 6.45) is 1.54. The minimum Gasteiger partial charge on any atom is -0.465 e. The smallest absolute Gasteiger partial charge is 0.317 e. The first-order valence-corrected chi connectivity index (χ1v) is 8.42. The highest BCUT2D eigenvalue weighted by Gasteiger charge is 2.40. The maximum atomic E-state index is 14.2. The van der Waals surface area contributed by atoms with E-state index in [0.29, 0.717) is 16.7 Å². The Balaban J connectivity index is 2.06. The van der Waals surface area contributed by atoms with Gasteiger partial charge < -0.3 is 4.74 Å². The minimum atomic E-state index is -1.06. The Kier molecular flexibility index (Phi) is 5.26. The molecule has 0 saturated heterocycles. The average molecular weight is 356 g/mol. The molecular weight excluding hydrogens is 338 g/mol. The predicted molar refractivity (Wildman–Crippen MR) is 93.3 cm³/mol. The third kappa shape index (κ3) is 3.57. The van der Waals surface area contributed by atoms with Crippen LogP contribution in [0.1, 0.15) is 30.4 Å². The molecule has 0 unspecified atom stereocenters. The third-order valence-electron chi connectivity index (χ3n) is 4.50.